The Hall–Kier alpha value is -1.55. The first kappa shape index (κ1) is 13.9. The average molecular weight is 261 g/mol. The molecule has 0 saturated heterocycles. The van der Waals surface area contributed by atoms with Gasteiger partial charge in [0.25, 0.3) is 0 Å². The van der Waals surface area contributed by atoms with Crippen LogP contribution in [0.15, 0.2) is 24.3 Å². The van der Waals surface area contributed by atoms with Crippen LogP contribution in [0, 0.1) is 0 Å². The molecule has 104 valence electrons. The highest BCUT2D eigenvalue weighted by atomic mass is 16.1. The van der Waals surface area contributed by atoms with Crippen LogP contribution in [0.25, 0.3) is 0 Å². The number of hydrogen-bond acceptors (Lipinski definition) is 3. The van der Waals surface area contributed by atoms with Gasteiger partial charge in [-0.05, 0) is 31.4 Å². The summed E-state index contributed by atoms with van der Waals surface area (Å²) in [5.41, 5.74) is 8.48. The first-order valence-electron chi connectivity index (χ1n) is 7.07. The molecule has 0 saturated carbocycles. The standard InChI is InChI=1S/C15H23N3O/c1-2-17-15(19)9-10-18-13(11-16)8-7-12-5-3-4-6-14(12)18/h3-6,13H,2,7-11,16H2,1H3,(H,17,19). The van der Waals surface area contributed by atoms with E-state index < -0.39 is 0 Å². The van der Waals surface area contributed by atoms with Crippen LogP contribution in [-0.4, -0.2) is 31.6 Å². The van der Waals surface area contributed by atoms with Crippen molar-refractivity contribution < 1.29 is 4.79 Å². The summed E-state index contributed by atoms with van der Waals surface area (Å²) in [4.78, 5) is 13.9. The second-order valence-corrected chi connectivity index (χ2v) is 4.95. The number of carbonyl (C=O) groups excluding carboxylic acids is 1. The van der Waals surface area contributed by atoms with Gasteiger partial charge in [-0.15, -0.1) is 0 Å². The minimum atomic E-state index is 0.112. The summed E-state index contributed by atoms with van der Waals surface area (Å²) in [6, 6.07) is 8.78. The van der Waals surface area contributed by atoms with E-state index >= 15 is 0 Å². The van der Waals surface area contributed by atoms with Crippen molar-refractivity contribution in [2.75, 3.05) is 24.5 Å². The Morgan fingerprint density at radius 1 is 1.47 bits per heavy atom. The van der Waals surface area contributed by atoms with Crippen LogP contribution in [0.2, 0.25) is 0 Å². The van der Waals surface area contributed by atoms with Crippen molar-refractivity contribution in [2.45, 2.75) is 32.2 Å². The van der Waals surface area contributed by atoms with Crippen molar-refractivity contribution in [3.63, 3.8) is 0 Å². The highest BCUT2D eigenvalue weighted by Gasteiger charge is 2.24. The molecule has 1 atom stereocenters. The van der Waals surface area contributed by atoms with Crippen LogP contribution < -0.4 is 16.0 Å². The van der Waals surface area contributed by atoms with Gasteiger partial charge in [0.15, 0.2) is 0 Å². The van der Waals surface area contributed by atoms with Gasteiger partial charge in [-0.25, -0.2) is 0 Å². The Balaban J connectivity index is 2.09. The summed E-state index contributed by atoms with van der Waals surface area (Å²) >= 11 is 0. The van der Waals surface area contributed by atoms with Gasteiger partial charge in [-0.3, -0.25) is 4.79 Å². The Morgan fingerprint density at radius 3 is 3.00 bits per heavy atom. The average Bonchev–Trinajstić information content (AvgIpc) is 2.44. The molecular weight excluding hydrogens is 238 g/mol. The number of rotatable bonds is 5. The molecule has 1 unspecified atom stereocenters. The van der Waals surface area contributed by atoms with Crippen LogP contribution in [0.1, 0.15) is 25.3 Å². The minimum absolute atomic E-state index is 0.112. The molecule has 1 aliphatic rings. The number of nitrogens with zero attached hydrogens (tertiary/aromatic N) is 1. The summed E-state index contributed by atoms with van der Waals surface area (Å²) in [6.07, 6.45) is 2.68. The molecule has 19 heavy (non-hydrogen) atoms. The van der Waals surface area contributed by atoms with Crippen LogP contribution >= 0.6 is 0 Å². The lowest BCUT2D eigenvalue weighted by Gasteiger charge is -2.38. The first-order valence-corrected chi connectivity index (χ1v) is 7.07. The summed E-state index contributed by atoms with van der Waals surface area (Å²) in [7, 11) is 0. The predicted octanol–water partition coefficient (Wildman–Crippen LogP) is 1.29. The van der Waals surface area contributed by atoms with Crippen molar-refractivity contribution in [1.29, 1.82) is 0 Å². The fraction of sp³-hybridized carbons (Fsp3) is 0.533. The van der Waals surface area contributed by atoms with E-state index in [1.807, 2.05) is 6.92 Å². The number of carbonyl (C=O) groups is 1. The largest absolute Gasteiger partial charge is 0.367 e. The SMILES string of the molecule is CCNC(=O)CCN1c2ccccc2CCC1CN. The van der Waals surface area contributed by atoms with E-state index in [9.17, 15) is 4.79 Å². The lowest BCUT2D eigenvalue weighted by molar-refractivity contribution is -0.120. The number of anilines is 1. The highest BCUT2D eigenvalue weighted by molar-refractivity contribution is 5.76. The topological polar surface area (TPSA) is 58.4 Å². The summed E-state index contributed by atoms with van der Waals surface area (Å²) in [6.45, 7) is 4.01. The van der Waals surface area contributed by atoms with E-state index in [0.717, 1.165) is 19.4 Å². The Morgan fingerprint density at radius 2 is 2.26 bits per heavy atom. The maximum absolute atomic E-state index is 11.6. The maximum atomic E-state index is 11.6. The van der Waals surface area contributed by atoms with Crippen molar-refractivity contribution in [3.8, 4) is 0 Å². The van der Waals surface area contributed by atoms with E-state index in [2.05, 4.69) is 34.5 Å². The molecule has 0 radical (unpaired) electrons. The zero-order valence-electron chi connectivity index (χ0n) is 11.6. The van der Waals surface area contributed by atoms with Crippen molar-refractivity contribution >= 4 is 11.6 Å². The van der Waals surface area contributed by atoms with E-state index in [-0.39, 0.29) is 5.91 Å². The highest BCUT2D eigenvalue weighted by Crippen LogP contribution is 2.30. The molecule has 1 aliphatic heterocycles. The molecule has 1 heterocycles. The summed E-state index contributed by atoms with van der Waals surface area (Å²) in [5.74, 6) is 0.112. The van der Waals surface area contributed by atoms with Gasteiger partial charge >= 0.3 is 0 Å². The van der Waals surface area contributed by atoms with Gasteiger partial charge in [0.05, 0.1) is 0 Å². The summed E-state index contributed by atoms with van der Waals surface area (Å²) < 4.78 is 0. The molecule has 1 aromatic carbocycles. The van der Waals surface area contributed by atoms with Gasteiger partial charge < -0.3 is 16.0 Å². The van der Waals surface area contributed by atoms with Crippen LogP contribution in [0.3, 0.4) is 0 Å². The molecule has 4 heteroatoms. The number of hydrogen-bond donors (Lipinski definition) is 2. The number of benzene rings is 1. The molecule has 1 amide bonds. The van der Waals surface area contributed by atoms with E-state index in [1.54, 1.807) is 0 Å². The van der Waals surface area contributed by atoms with Gasteiger partial charge in [0, 0.05) is 37.8 Å². The molecule has 0 spiro atoms. The molecule has 0 aliphatic carbocycles. The molecule has 0 fully saturated rings. The number of amides is 1. The summed E-state index contributed by atoms with van der Waals surface area (Å²) in [5, 5.41) is 2.85. The number of nitrogens with two attached hydrogens (primary N) is 1. The fourth-order valence-electron chi connectivity index (χ4n) is 2.73. The van der Waals surface area contributed by atoms with Gasteiger partial charge in [-0.1, -0.05) is 18.2 Å². The minimum Gasteiger partial charge on any atom is -0.367 e. The monoisotopic (exact) mass is 261 g/mol. The molecule has 3 N–H and O–H groups in total. The zero-order chi connectivity index (χ0) is 13.7. The number of nitrogens with one attached hydrogen (secondary N) is 1. The Bertz CT molecular complexity index is 433. The molecule has 1 aromatic rings. The lowest BCUT2D eigenvalue weighted by Crippen LogP contribution is -2.45. The predicted molar refractivity (Wildman–Crippen MR) is 78.3 cm³/mol. The van der Waals surface area contributed by atoms with E-state index in [4.69, 9.17) is 5.73 Å². The van der Waals surface area contributed by atoms with Crippen LogP contribution in [-0.2, 0) is 11.2 Å². The third-order valence-corrected chi connectivity index (χ3v) is 3.71. The normalized spacial score (nSPS) is 18.0. The van der Waals surface area contributed by atoms with E-state index in [0.29, 0.717) is 25.6 Å². The second kappa shape index (κ2) is 6.57. The quantitative estimate of drug-likeness (QED) is 0.840. The fourth-order valence-corrected chi connectivity index (χ4v) is 2.73. The maximum Gasteiger partial charge on any atom is 0.221 e. The number of fused-ring (bicyclic) bond motifs is 1. The lowest BCUT2D eigenvalue weighted by atomic mass is 9.95. The first-order chi connectivity index (χ1) is 9.26. The van der Waals surface area contributed by atoms with Gasteiger partial charge in [0.1, 0.15) is 0 Å². The van der Waals surface area contributed by atoms with E-state index in [1.165, 1.54) is 11.3 Å². The van der Waals surface area contributed by atoms with Crippen molar-refractivity contribution in [2.24, 2.45) is 5.73 Å². The molecule has 0 aromatic heterocycles. The van der Waals surface area contributed by atoms with Crippen molar-refractivity contribution in [3.05, 3.63) is 29.8 Å². The molecular formula is C15H23N3O. The van der Waals surface area contributed by atoms with Gasteiger partial charge in [0.2, 0.25) is 5.91 Å². The smallest absolute Gasteiger partial charge is 0.221 e. The third kappa shape index (κ3) is 3.26. The molecule has 0 bridgehead atoms. The third-order valence-electron chi connectivity index (χ3n) is 3.71. The Labute approximate surface area is 115 Å². The Kier molecular flexibility index (Phi) is 4.80. The number of para-hydroxylation sites is 1. The van der Waals surface area contributed by atoms with Crippen molar-refractivity contribution in [1.82, 2.24) is 5.32 Å². The zero-order valence-corrected chi connectivity index (χ0v) is 11.6. The van der Waals surface area contributed by atoms with Crippen LogP contribution in [0.4, 0.5) is 5.69 Å². The van der Waals surface area contributed by atoms with Gasteiger partial charge in [-0.2, -0.15) is 0 Å². The van der Waals surface area contributed by atoms with Crippen LogP contribution in [0.5, 0.6) is 0 Å². The molecule has 2 rings (SSSR count). The number of aryl methyl sites for hydroxylation is 1. The molecule has 4 nitrogen and oxygen atoms in total. The second-order valence-electron chi connectivity index (χ2n) is 4.95.